The number of nitrogens with zero attached hydrogens (tertiary/aromatic N) is 3. The van der Waals surface area contributed by atoms with Crippen LogP contribution in [0.4, 0.5) is 4.39 Å². The summed E-state index contributed by atoms with van der Waals surface area (Å²) in [7, 11) is 0. The van der Waals surface area contributed by atoms with Crippen LogP contribution in [-0.4, -0.2) is 21.3 Å². The zero-order chi connectivity index (χ0) is 14.5. The Bertz CT molecular complexity index is 550. The topological polar surface area (TPSA) is 42.7 Å². The molecule has 108 valence electrons. The molecule has 2 aromatic heterocycles. The van der Waals surface area contributed by atoms with E-state index in [0.29, 0.717) is 18.0 Å². The van der Waals surface area contributed by atoms with Crippen LogP contribution in [0.1, 0.15) is 44.1 Å². The highest BCUT2D eigenvalue weighted by molar-refractivity contribution is 5.20. The molecule has 1 N–H and O–H groups in total. The molecule has 0 amide bonds. The van der Waals surface area contributed by atoms with Crippen molar-refractivity contribution < 1.29 is 4.39 Å². The molecule has 2 heterocycles. The lowest BCUT2D eigenvalue weighted by Crippen LogP contribution is -2.24. The summed E-state index contributed by atoms with van der Waals surface area (Å²) in [5.74, 6) is -0.276. The van der Waals surface area contributed by atoms with Crippen molar-refractivity contribution in [3.8, 4) is 0 Å². The average molecular weight is 276 g/mol. The molecule has 1 unspecified atom stereocenters. The summed E-state index contributed by atoms with van der Waals surface area (Å²) in [6, 6.07) is 3.96. The third kappa shape index (κ3) is 3.42. The number of pyridine rings is 1. The second-order valence-corrected chi connectivity index (χ2v) is 5.09. The van der Waals surface area contributed by atoms with Crippen LogP contribution in [-0.2, 0) is 6.42 Å². The molecule has 0 saturated carbocycles. The van der Waals surface area contributed by atoms with E-state index in [-0.39, 0.29) is 11.9 Å². The van der Waals surface area contributed by atoms with Gasteiger partial charge in [0.25, 0.3) is 0 Å². The third-order valence-electron chi connectivity index (χ3n) is 3.24. The maximum atomic E-state index is 13.9. The Hall–Kier alpha value is -1.75. The molecule has 1 atom stereocenters. The molecular formula is C15H21FN4. The van der Waals surface area contributed by atoms with Crippen LogP contribution in [0.25, 0.3) is 0 Å². The fourth-order valence-corrected chi connectivity index (χ4v) is 2.19. The molecule has 2 rings (SSSR count). The van der Waals surface area contributed by atoms with Crippen LogP contribution in [0.2, 0.25) is 0 Å². The number of aromatic nitrogens is 3. The molecule has 0 aliphatic heterocycles. The highest BCUT2D eigenvalue weighted by Crippen LogP contribution is 2.20. The Balaban J connectivity index is 2.19. The van der Waals surface area contributed by atoms with Gasteiger partial charge in [-0.3, -0.25) is 9.67 Å². The first-order valence-electron chi connectivity index (χ1n) is 6.98. The highest BCUT2D eigenvalue weighted by atomic mass is 19.1. The van der Waals surface area contributed by atoms with Crippen molar-refractivity contribution in [2.45, 2.75) is 39.3 Å². The normalized spacial score (nSPS) is 12.8. The van der Waals surface area contributed by atoms with E-state index in [9.17, 15) is 4.39 Å². The van der Waals surface area contributed by atoms with E-state index in [1.165, 1.54) is 6.20 Å². The van der Waals surface area contributed by atoms with E-state index in [2.05, 4.69) is 29.2 Å². The van der Waals surface area contributed by atoms with Gasteiger partial charge in [0, 0.05) is 36.5 Å². The molecule has 0 aromatic carbocycles. The molecule has 2 aromatic rings. The molecule has 4 nitrogen and oxygen atoms in total. The van der Waals surface area contributed by atoms with Gasteiger partial charge in [0.1, 0.15) is 5.82 Å². The molecule has 0 bridgehead atoms. The van der Waals surface area contributed by atoms with Crippen molar-refractivity contribution in [3.05, 3.63) is 47.8 Å². The van der Waals surface area contributed by atoms with Crippen LogP contribution in [0.5, 0.6) is 0 Å². The van der Waals surface area contributed by atoms with Crippen LogP contribution in [0.15, 0.2) is 30.7 Å². The zero-order valence-electron chi connectivity index (χ0n) is 12.2. The number of rotatable bonds is 6. The van der Waals surface area contributed by atoms with Gasteiger partial charge in [-0.1, -0.05) is 6.92 Å². The molecular weight excluding hydrogens is 255 g/mol. The minimum Gasteiger partial charge on any atom is -0.310 e. The fourth-order valence-electron chi connectivity index (χ4n) is 2.19. The quantitative estimate of drug-likeness (QED) is 0.882. The molecule has 0 aliphatic carbocycles. The average Bonchev–Trinajstić information content (AvgIpc) is 2.88. The van der Waals surface area contributed by atoms with Gasteiger partial charge in [-0.2, -0.15) is 5.10 Å². The van der Waals surface area contributed by atoms with Gasteiger partial charge in [-0.15, -0.1) is 0 Å². The highest BCUT2D eigenvalue weighted by Gasteiger charge is 2.17. The molecule has 0 saturated heterocycles. The van der Waals surface area contributed by atoms with Gasteiger partial charge in [0.05, 0.1) is 11.9 Å². The van der Waals surface area contributed by atoms with Gasteiger partial charge in [-0.25, -0.2) is 4.39 Å². The Morgan fingerprint density at radius 3 is 2.75 bits per heavy atom. The summed E-state index contributed by atoms with van der Waals surface area (Å²) >= 11 is 0. The summed E-state index contributed by atoms with van der Waals surface area (Å²) in [6.45, 7) is 6.96. The van der Waals surface area contributed by atoms with Gasteiger partial charge in [0.2, 0.25) is 0 Å². The lowest BCUT2D eigenvalue weighted by Gasteiger charge is -2.17. The predicted molar refractivity (Wildman–Crippen MR) is 76.9 cm³/mol. The van der Waals surface area contributed by atoms with Crippen molar-refractivity contribution in [2.75, 3.05) is 6.54 Å². The molecule has 0 aliphatic rings. The second kappa shape index (κ2) is 6.61. The minimum absolute atomic E-state index is 0.0847. The summed E-state index contributed by atoms with van der Waals surface area (Å²) in [6.07, 6.45) is 5.50. The standard InChI is InChI=1S/C15H21FN4/c1-4-18-15(13-5-7-17-10-14(13)16)9-12-6-8-20(19-12)11(2)3/h5-8,10-11,15,18H,4,9H2,1-3H3. The number of halogens is 1. The van der Waals surface area contributed by atoms with E-state index < -0.39 is 0 Å². The molecule has 0 spiro atoms. The summed E-state index contributed by atoms with van der Waals surface area (Å²) in [5.41, 5.74) is 1.60. The van der Waals surface area contributed by atoms with Crippen molar-refractivity contribution in [1.29, 1.82) is 0 Å². The number of hydrogen-bond acceptors (Lipinski definition) is 3. The summed E-state index contributed by atoms with van der Waals surface area (Å²) < 4.78 is 15.8. The smallest absolute Gasteiger partial charge is 0.146 e. The van der Waals surface area contributed by atoms with Crippen molar-refractivity contribution in [3.63, 3.8) is 0 Å². The van der Waals surface area contributed by atoms with Crippen LogP contribution < -0.4 is 5.32 Å². The van der Waals surface area contributed by atoms with Gasteiger partial charge >= 0.3 is 0 Å². The fraction of sp³-hybridized carbons (Fsp3) is 0.467. The largest absolute Gasteiger partial charge is 0.310 e. The Kier molecular flexibility index (Phi) is 4.84. The SMILES string of the molecule is CCNC(Cc1ccn(C(C)C)n1)c1ccncc1F. The molecule has 5 heteroatoms. The van der Waals surface area contributed by atoms with Crippen molar-refractivity contribution in [2.24, 2.45) is 0 Å². The van der Waals surface area contributed by atoms with E-state index in [4.69, 9.17) is 0 Å². The lowest BCUT2D eigenvalue weighted by molar-refractivity contribution is 0.489. The van der Waals surface area contributed by atoms with Crippen molar-refractivity contribution in [1.82, 2.24) is 20.1 Å². The van der Waals surface area contributed by atoms with E-state index >= 15 is 0 Å². The van der Waals surface area contributed by atoms with E-state index in [1.807, 2.05) is 23.9 Å². The maximum Gasteiger partial charge on any atom is 0.146 e. The number of hydrogen-bond donors (Lipinski definition) is 1. The van der Waals surface area contributed by atoms with E-state index in [1.54, 1.807) is 12.3 Å². The van der Waals surface area contributed by atoms with Gasteiger partial charge in [-0.05, 0) is 32.5 Å². The third-order valence-corrected chi connectivity index (χ3v) is 3.24. The monoisotopic (exact) mass is 276 g/mol. The Morgan fingerprint density at radius 1 is 1.35 bits per heavy atom. The lowest BCUT2D eigenvalue weighted by atomic mass is 10.0. The first-order valence-corrected chi connectivity index (χ1v) is 6.98. The predicted octanol–water partition coefficient (Wildman–Crippen LogP) is 2.89. The molecule has 0 fully saturated rings. The first-order chi connectivity index (χ1) is 9.61. The number of likely N-dealkylation sites (N-methyl/N-ethyl adjacent to an activating group) is 1. The molecule has 0 radical (unpaired) electrons. The summed E-state index contributed by atoms with van der Waals surface area (Å²) in [5, 5.41) is 7.84. The minimum atomic E-state index is -0.276. The van der Waals surface area contributed by atoms with Crippen LogP contribution >= 0.6 is 0 Å². The summed E-state index contributed by atoms with van der Waals surface area (Å²) in [4.78, 5) is 3.80. The van der Waals surface area contributed by atoms with Gasteiger partial charge in [0.15, 0.2) is 0 Å². The Morgan fingerprint density at radius 2 is 2.15 bits per heavy atom. The van der Waals surface area contributed by atoms with Gasteiger partial charge < -0.3 is 5.32 Å². The zero-order valence-corrected chi connectivity index (χ0v) is 12.2. The Labute approximate surface area is 119 Å². The van der Waals surface area contributed by atoms with E-state index in [0.717, 1.165) is 12.2 Å². The van der Waals surface area contributed by atoms with Crippen molar-refractivity contribution >= 4 is 0 Å². The molecule has 20 heavy (non-hydrogen) atoms. The first kappa shape index (κ1) is 14.7. The van der Waals surface area contributed by atoms with Crippen LogP contribution in [0.3, 0.4) is 0 Å². The van der Waals surface area contributed by atoms with Crippen LogP contribution in [0, 0.1) is 5.82 Å². The second-order valence-electron chi connectivity index (χ2n) is 5.09. The number of nitrogens with one attached hydrogen (secondary N) is 1. The maximum absolute atomic E-state index is 13.9.